The summed E-state index contributed by atoms with van der Waals surface area (Å²) in [4.78, 5) is 3.37. The molecule has 0 unspecified atom stereocenters. The zero-order chi connectivity index (χ0) is 14.3. The van der Waals surface area contributed by atoms with E-state index < -0.39 is 10.0 Å². The van der Waals surface area contributed by atoms with Crippen LogP contribution in [0.4, 0.5) is 0 Å². The first-order valence-electron chi connectivity index (χ1n) is 6.53. The van der Waals surface area contributed by atoms with Gasteiger partial charge in [0, 0.05) is 36.6 Å². The maximum absolute atomic E-state index is 12.5. The first-order valence-corrected chi connectivity index (χ1v) is 8.78. The predicted molar refractivity (Wildman–Crippen MR) is 79.1 cm³/mol. The van der Waals surface area contributed by atoms with Crippen LogP contribution in [0.3, 0.4) is 0 Å². The van der Waals surface area contributed by atoms with E-state index in [1.165, 1.54) is 11.3 Å². The fourth-order valence-corrected chi connectivity index (χ4v) is 5.14. The van der Waals surface area contributed by atoms with Crippen molar-refractivity contribution < 1.29 is 8.42 Å². The maximum Gasteiger partial charge on any atom is 0.252 e. The molecule has 0 spiro atoms. The van der Waals surface area contributed by atoms with Crippen LogP contribution >= 0.6 is 11.3 Å². The topological polar surface area (TPSA) is 40.6 Å². The molecular weight excluding hydrogens is 280 g/mol. The van der Waals surface area contributed by atoms with Gasteiger partial charge in [0.05, 0.1) is 0 Å². The molecule has 1 aliphatic heterocycles. The minimum absolute atomic E-state index is 0.107. The van der Waals surface area contributed by atoms with Gasteiger partial charge in [-0.15, -0.1) is 11.3 Å². The van der Waals surface area contributed by atoms with E-state index in [0.717, 1.165) is 18.0 Å². The lowest BCUT2D eigenvalue weighted by molar-refractivity contribution is 0.0922. The Kier molecular flexibility index (Phi) is 4.07. The minimum Gasteiger partial charge on any atom is -0.296 e. The van der Waals surface area contributed by atoms with Crippen molar-refractivity contribution in [3.8, 4) is 0 Å². The zero-order valence-electron chi connectivity index (χ0n) is 12.0. The fraction of sp³-hybridized carbons (Fsp3) is 0.692. The smallest absolute Gasteiger partial charge is 0.252 e. The number of hydrogen-bond acceptors (Lipinski definition) is 4. The number of sulfonamides is 1. The molecule has 1 fully saturated rings. The second kappa shape index (κ2) is 5.16. The van der Waals surface area contributed by atoms with E-state index in [2.05, 4.69) is 25.7 Å². The number of piperazine rings is 1. The van der Waals surface area contributed by atoms with Gasteiger partial charge in [0.2, 0.25) is 0 Å². The standard InChI is InChI=1S/C13H22N2O2S2/c1-11-5-6-12(18-11)19(16,17)15-9-7-14(8-10-15)13(2,3)4/h5-6H,7-10H2,1-4H3. The molecular formula is C13H22N2O2S2. The molecule has 0 aromatic carbocycles. The summed E-state index contributed by atoms with van der Waals surface area (Å²) in [6, 6.07) is 3.58. The summed E-state index contributed by atoms with van der Waals surface area (Å²) in [6.07, 6.45) is 0. The van der Waals surface area contributed by atoms with Crippen molar-refractivity contribution in [2.75, 3.05) is 26.2 Å². The van der Waals surface area contributed by atoms with Crippen LogP contribution in [0.15, 0.2) is 16.3 Å². The van der Waals surface area contributed by atoms with E-state index in [4.69, 9.17) is 0 Å². The van der Waals surface area contributed by atoms with Crippen molar-refractivity contribution in [3.05, 3.63) is 17.0 Å². The highest BCUT2D eigenvalue weighted by molar-refractivity contribution is 7.91. The van der Waals surface area contributed by atoms with E-state index in [1.54, 1.807) is 10.4 Å². The first-order chi connectivity index (χ1) is 8.71. The van der Waals surface area contributed by atoms with Crippen LogP contribution in [0.1, 0.15) is 25.6 Å². The summed E-state index contributed by atoms with van der Waals surface area (Å²) >= 11 is 1.35. The zero-order valence-corrected chi connectivity index (χ0v) is 13.6. The summed E-state index contributed by atoms with van der Waals surface area (Å²) in [5, 5.41) is 0. The molecule has 4 nitrogen and oxygen atoms in total. The van der Waals surface area contributed by atoms with Gasteiger partial charge in [-0.3, -0.25) is 4.90 Å². The molecule has 0 aliphatic carbocycles. The fourth-order valence-electron chi connectivity index (χ4n) is 2.28. The third kappa shape index (κ3) is 3.18. The average molecular weight is 302 g/mol. The van der Waals surface area contributed by atoms with E-state index in [1.807, 2.05) is 13.0 Å². The molecule has 2 heterocycles. The Bertz CT molecular complexity index is 535. The Labute approximate surface area is 120 Å². The Morgan fingerprint density at radius 1 is 1.11 bits per heavy atom. The van der Waals surface area contributed by atoms with Crippen molar-refractivity contribution in [1.82, 2.24) is 9.21 Å². The van der Waals surface area contributed by atoms with Crippen molar-refractivity contribution >= 4 is 21.4 Å². The van der Waals surface area contributed by atoms with Crippen molar-refractivity contribution in [1.29, 1.82) is 0 Å². The van der Waals surface area contributed by atoms with Gasteiger partial charge in [-0.2, -0.15) is 4.31 Å². The van der Waals surface area contributed by atoms with E-state index >= 15 is 0 Å². The van der Waals surface area contributed by atoms with Gasteiger partial charge < -0.3 is 0 Å². The van der Waals surface area contributed by atoms with Crippen LogP contribution in [0.25, 0.3) is 0 Å². The Hall–Kier alpha value is -0.430. The highest BCUT2D eigenvalue weighted by Crippen LogP contribution is 2.26. The van der Waals surface area contributed by atoms with E-state index in [-0.39, 0.29) is 5.54 Å². The van der Waals surface area contributed by atoms with Crippen molar-refractivity contribution in [2.24, 2.45) is 0 Å². The molecule has 2 rings (SSSR count). The van der Waals surface area contributed by atoms with Gasteiger partial charge in [-0.25, -0.2) is 8.42 Å². The SMILES string of the molecule is Cc1ccc(S(=O)(=O)N2CCN(C(C)(C)C)CC2)s1. The van der Waals surface area contributed by atoms with Crippen molar-refractivity contribution in [2.45, 2.75) is 37.4 Å². The third-order valence-electron chi connectivity index (χ3n) is 3.50. The number of hydrogen-bond donors (Lipinski definition) is 0. The van der Waals surface area contributed by atoms with Crippen LogP contribution in [0, 0.1) is 6.92 Å². The Morgan fingerprint density at radius 3 is 2.11 bits per heavy atom. The lowest BCUT2D eigenvalue weighted by Crippen LogP contribution is -2.54. The van der Waals surface area contributed by atoms with Crippen LogP contribution in [0.2, 0.25) is 0 Å². The highest BCUT2D eigenvalue weighted by atomic mass is 32.2. The molecule has 1 aromatic rings. The molecule has 108 valence electrons. The molecule has 0 radical (unpaired) electrons. The molecule has 1 aromatic heterocycles. The molecule has 19 heavy (non-hydrogen) atoms. The van der Waals surface area contributed by atoms with Gasteiger partial charge >= 0.3 is 0 Å². The predicted octanol–water partition coefficient (Wildman–Crippen LogP) is 2.16. The monoisotopic (exact) mass is 302 g/mol. The minimum atomic E-state index is -3.28. The molecule has 0 amide bonds. The molecule has 0 N–H and O–H groups in total. The van der Waals surface area contributed by atoms with E-state index in [9.17, 15) is 8.42 Å². The van der Waals surface area contributed by atoms with Gasteiger partial charge in [-0.05, 0) is 39.8 Å². The summed E-state index contributed by atoms with van der Waals surface area (Å²) in [5.74, 6) is 0. The summed E-state index contributed by atoms with van der Waals surface area (Å²) in [5.41, 5.74) is 0.107. The lowest BCUT2D eigenvalue weighted by atomic mass is 10.1. The van der Waals surface area contributed by atoms with Crippen LogP contribution < -0.4 is 0 Å². The first kappa shape index (κ1) is 15.0. The van der Waals surface area contributed by atoms with Crippen molar-refractivity contribution in [3.63, 3.8) is 0 Å². The molecule has 1 saturated heterocycles. The number of aryl methyl sites for hydroxylation is 1. The maximum atomic E-state index is 12.5. The van der Waals surface area contributed by atoms with Gasteiger partial charge in [0.25, 0.3) is 10.0 Å². The van der Waals surface area contributed by atoms with Gasteiger partial charge in [-0.1, -0.05) is 0 Å². The van der Waals surface area contributed by atoms with Crippen LogP contribution in [-0.4, -0.2) is 49.3 Å². The summed E-state index contributed by atoms with van der Waals surface area (Å²) in [6.45, 7) is 11.2. The number of rotatable bonds is 2. The normalized spacial score (nSPS) is 19.8. The molecule has 0 bridgehead atoms. The van der Waals surface area contributed by atoms with E-state index in [0.29, 0.717) is 17.3 Å². The van der Waals surface area contributed by atoms with Crippen LogP contribution in [0.5, 0.6) is 0 Å². The quantitative estimate of drug-likeness (QED) is 0.840. The second-order valence-electron chi connectivity index (χ2n) is 5.93. The molecule has 6 heteroatoms. The highest BCUT2D eigenvalue weighted by Gasteiger charge is 2.32. The lowest BCUT2D eigenvalue weighted by Gasteiger charge is -2.41. The second-order valence-corrected chi connectivity index (χ2v) is 9.38. The average Bonchev–Trinajstić information content (AvgIpc) is 2.76. The summed E-state index contributed by atoms with van der Waals surface area (Å²) < 4.78 is 27.0. The number of nitrogens with zero attached hydrogens (tertiary/aromatic N) is 2. The molecule has 0 atom stereocenters. The third-order valence-corrected chi connectivity index (χ3v) is 6.86. The summed E-state index contributed by atoms with van der Waals surface area (Å²) in [7, 11) is -3.28. The molecule has 0 saturated carbocycles. The van der Waals surface area contributed by atoms with Crippen LogP contribution in [-0.2, 0) is 10.0 Å². The Balaban J connectivity index is 2.09. The largest absolute Gasteiger partial charge is 0.296 e. The Morgan fingerprint density at radius 2 is 1.68 bits per heavy atom. The van der Waals surface area contributed by atoms with Gasteiger partial charge in [0.15, 0.2) is 0 Å². The van der Waals surface area contributed by atoms with Gasteiger partial charge in [0.1, 0.15) is 4.21 Å². The molecule has 1 aliphatic rings. The number of thiophene rings is 1.